The number of carbonyl (C=O) groups excluding carboxylic acids is 1. The molecule has 0 aliphatic carbocycles. The Balaban J connectivity index is 2.55. The third-order valence-corrected chi connectivity index (χ3v) is 3.75. The molecule has 1 fully saturated rings. The van der Waals surface area contributed by atoms with Crippen LogP contribution in [0, 0.1) is 0 Å². The van der Waals surface area contributed by atoms with Crippen molar-refractivity contribution in [2.45, 2.75) is 26.3 Å². The number of rotatable bonds is 6. The fourth-order valence-electron chi connectivity index (χ4n) is 2.34. The van der Waals surface area contributed by atoms with Crippen LogP contribution in [0.2, 0.25) is 0 Å². The quantitative estimate of drug-likeness (QED) is 0.741. The monoisotopic (exact) mass is 283 g/mol. The van der Waals surface area contributed by atoms with Crippen LogP contribution in [0.1, 0.15) is 20.3 Å². The van der Waals surface area contributed by atoms with Gasteiger partial charge in [0, 0.05) is 38.8 Å². The topological polar surface area (TPSA) is 64.1 Å². The molecule has 1 rings (SSSR count). The lowest BCUT2D eigenvalue weighted by Crippen LogP contribution is -2.55. The molecule has 1 unspecified atom stereocenters. The van der Waals surface area contributed by atoms with E-state index in [0.717, 1.165) is 19.5 Å². The molecule has 1 N–H and O–H groups in total. The summed E-state index contributed by atoms with van der Waals surface area (Å²) >= 11 is 0. The van der Waals surface area contributed by atoms with Crippen LogP contribution < -0.4 is 0 Å². The molecule has 114 valence electrons. The van der Waals surface area contributed by atoms with E-state index in [-0.39, 0.29) is 19.1 Å². The maximum atomic E-state index is 12.3. The van der Waals surface area contributed by atoms with Gasteiger partial charge in [0.15, 0.2) is 0 Å². The van der Waals surface area contributed by atoms with E-state index in [1.165, 1.54) is 4.90 Å². The van der Waals surface area contributed by atoms with Crippen LogP contribution in [0.5, 0.6) is 0 Å². The van der Waals surface area contributed by atoms with Gasteiger partial charge < -0.3 is 14.9 Å². The largest absolute Gasteiger partial charge is 0.480 e. The lowest BCUT2D eigenvalue weighted by atomic mass is 10.2. The highest BCUT2D eigenvalue weighted by Crippen LogP contribution is 2.10. The van der Waals surface area contributed by atoms with E-state index in [1.807, 2.05) is 0 Å². The van der Waals surface area contributed by atoms with Crippen LogP contribution in [-0.2, 0) is 4.79 Å². The number of piperazine rings is 1. The Bertz CT molecular complexity index is 352. The van der Waals surface area contributed by atoms with Gasteiger partial charge >= 0.3 is 12.0 Å². The van der Waals surface area contributed by atoms with Crippen LogP contribution in [-0.4, -0.2) is 77.1 Å². The molecule has 20 heavy (non-hydrogen) atoms. The van der Waals surface area contributed by atoms with Crippen molar-refractivity contribution < 1.29 is 14.7 Å². The Morgan fingerprint density at radius 2 is 1.95 bits per heavy atom. The van der Waals surface area contributed by atoms with Gasteiger partial charge in [-0.2, -0.15) is 0 Å². The Kier molecular flexibility index (Phi) is 6.51. The fraction of sp³-hybridized carbons (Fsp3) is 0.714. The molecule has 6 nitrogen and oxygen atoms in total. The number of hydrogen-bond donors (Lipinski definition) is 1. The molecule has 0 bridgehead atoms. The van der Waals surface area contributed by atoms with Gasteiger partial charge in [0.2, 0.25) is 0 Å². The maximum absolute atomic E-state index is 12.3. The van der Waals surface area contributed by atoms with Crippen molar-refractivity contribution in [2.75, 3.05) is 39.3 Å². The van der Waals surface area contributed by atoms with E-state index >= 15 is 0 Å². The van der Waals surface area contributed by atoms with E-state index in [0.29, 0.717) is 19.1 Å². The summed E-state index contributed by atoms with van der Waals surface area (Å²) < 4.78 is 0. The van der Waals surface area contributed by atoms with E-state index in [1.54, 1.807) is 11.0 Å². The molecule has 0 radical (unpaired) electrons. The maximum Gasteiger partial charge on any atom is 0.323 e. The van der Waals surface area contributed by atoms with Gasteiger partial charge in [0.05, 0.1) is 0 Å². The average Bonchev–Trinajstić information content (AvgIpc) is 2.45. The Labute approximate surface area is 120 Å². The van der Waals surface area contributed by atoms with Crippen molar-refractivity contribution in [2.24, 2.45) is 0 Å². The number of carboxylic acid groups (broad SMARTS) is 1. The van der Waals surface area contributed by atoms with Crippen LogP contribution in [0.15, 0.2) is 12.7 Å². The number of nitrogens with zero attached hydrogens (tertiary/aromatic N) is 3. The highest BCUT2D eigenvalue weighted by atomic mass is 16.4. The van der Waals surface area contributed by atoms with Gasteiger partial charge in [-0.05, 0) is 13.3 Å². The summed E-state index contributed by atoms with van der Waals surface area (Å²) in [7, 11) is 0. The summed E-state index contributed by atoms with van der Waals surface area (Å²) in [5.74, 6) is -1.00. The molecule has 0 spiro atoms. The lowest BCUT2D eigenvalue weighted by molar-refractivity contribution is -0.137. The minimum absolute atomic E-state index is 0.212. The van der Waals surface area contributed by atoms with Crippen molar-refractivity contribution in [1.29, 1.82) is 0 Å². The van der Waals surface area contributed by atoms with Gasteiger partial charge in [-0.15, -0.1) is 6.58 Å². The summed E-state index contributed by atoms with van der Waals surface area (Å²) in [4.78, 5) is 28.5. The highest BCUT2D eigenvalue weighted by Gasteiger charge is 2.27. The molecule has 1 saturated heterocycles. The minimum atomic E-state index is -1.00. The minimum Gasteiger partial charge on any atom is -0.480 e. The van der Waals surface area contributed by atoms with Gasteiger partial charge in [-0.3, -0.25) is 9.69 Å². The molecule has 0 saturated carbocycles. The van der Waals surface area contributed by atoms with Gasteiger partial charge in [0.25, 0.3) is 0 Å². The molecule has 1 aliphatic heterocycles. The SMILES string of the molecule is C=CCN(CC(=O)O)C(=O)N1CCN(C(C)CC)CC1. The number of carboxylic acids is 1. The highest BCUT2D eigenvalue weighted by molar-refractivity contribution is 5.80. The normalized spacial score (nSPS) is 17.6. The average molecular weight is 283 g/mol. The van der Waals surface area contributed by atoms with Gasteiger partial charge in [-0.1, -0.05) is 13.0 Å². The predicted octanol–water partition coefficient (Wildman–Crippen LogP) is 1.10. The van der Waals surface area contributed by atoms with Crippen LogP contribution in [0.25, 0.3) is 0 Å². The summed E-state index contributed by atoms with van der Waals surface area (Å²) in [5.41, 5.74) is 0. The molecule has 1 heterocycles. The molecule has 0 aromatic heterocycles. The third kappa shape index (κ3) is 4.52. The lowest BCUT2D eigenvalue weighted by Gasteiger charge is -2.39. The zero-order valence-corrected chi connectivity index (χ0v) is 12.4. The molecule has 0 aromatic carbocycles. The zero-order chi connectivity index (χ0) is 15.1. The molecule has 6 heteroatoms. The number of hydrogen-bond acceptors (Lipinski definition) is 3. The van der Waals surface area contributed by atoms with E-state index in [2.05, 4.69) is 25.3 Å². The number of aliphatic carboxylic acids is 1. The van der Waals surface area contributed by atoms with Crippen molar-refractivity contribution in [1.82, 2.24) is 14.7 Å². The first kappa shape index (κ1) is 16.5. The van der Waals surface area contributed by atoms with Crippen molar-refractivity contribution in [3.8, 4) is 0 Å². The zero-order valence-electron chi connectivity index (χ0n) is 12.4. The summed E-state index contributed by atoms with van der Waals surface area (Å²) in [6, 6.07) is 0.312. The Morgan fingerprint density at radius 3 is 2.40 bits per heavy atom. The van der Waals surface area contributed by atoms with Crippen molar-refractivity contribution in [3.63, 3.8) is 0 Å². The molecule has 0 aromatic rings. The molecular weight excluding hydrogens is 258 g/mol. The first-order chi connectivity index (χ1) is 9.49. The summed E-state index contributed by atoms with van der Waals surface area (Å²) in [6.07, 6.45) is 2.64. The fourth-order valence-corrected chi connectivity index (χ4v) is 2.34. The van der Waals surface area contributed by atoms with Crippen LogP contribution in [0.3, 0.4) is 0 Å². The Hall–Kier alpha value is -1.56. The standard InChI is InChI=1S/C14H25N3O3/c1-4-6-17(11-13(18)19)14(20)16-9-7-15(8-10-16)12(3)5-2/h4,12H,1,5-11H2,2-3H3,(H,18,19). The number of amides is 2. The number of carbonyl (C=O) groups is 2. The van der Waals surface area contributed by atoms with Gasteiger partial charge in [0.1, 0.15) is 6.54 Å². The van der Waals surface area contributed by atoms with E-state index < -0.39 is 5.97 Å². The molecule has 1 atom stereocenters. The second kappa shape index (κ2) is 7.89. The predicted molar refractivity (Wildman–Crippen MR) is 77.7 cm³/mol. The summed E-state index contributed by atoms with van der Waals surface area (Å²) in [5, 5.41) is 8.85. The third-order valence-electron chi connectivity index (χ3n) is 3.75. The van der Waals surface area contributed by atoms with Crippen LogP contribution in [0.4, 0.5) is 4.79 Å². The van der Waals surface area contributed by atoms with Crippen molar-refractivity contribution in [3.05, 3.63) is 12.7 Å². The van der Waals surface area contributed by atoms with E-state index in [4.69, 9.17) is 5.11 Å². The molecule has 2 amide bonds. The van der Waals surface area contributed by atoms with Gasteiger partial charge in [-0.25, -0.2) is 4.79 Å². The second-order valence-corrected chi connectivity index (χ2v) is 5.13. The smallest absolute Gasteiger partial charge is 0.323 e. The number of urea groups is 1. The molecule has 1 aliphatic rings. The first-order valence-corrected chi connectivity index (χ1v) is 7.10. The summed E-state index contributed by atoms with van der Waals surface area (Å²) in [6.45, 7) is 10.9. The van der Waals surface area contributed by atoms with Crippen LogP contribution >= 0.6 is 0 Å². The first-order valence-electron chi connectivity index (χ1n) is 7.10. The van der Waals surface area contributed by atoms with Crippen molar-refractivity contribution >= 4 is 12.0 Å². The second-order valence-electron chi connectivity index (χ2n) is 5.13. The Morgan fingerprint density at radius 1 is 1.35 bits per heavy atom. The molecular formula is C14H25N3O3. The van der Waals surface area contributed by atoms with E-state index in [9.17, 15) is 9.59 Å².